The van der Waals surface area contributed by atoms with Crippen molar-refractivity contribution in [2.24, 2.45) is 0 Å². The number of carbonyl (C=O) groups is 1. The highest BCUT2D eigenvalue weighted by Crippen LogP contribution is 2.14. The molecule has 4 nitrogen and oxygen atoms in total. The first-order valence-corrected chi connectivity index (χ1v) is 10.2. The van der Waals surface area contributed by atoms with Crippen molar-refractivity contribution in [2.45, 2.75) is 123 Å². The molecule has 1 atom stereocenters. The van der Waals surface area contributed by atoms with Gasteiger partial charge in [-0.2, -0.15) is 4.89 Å². The zero-order chi connectivity index (χ0) is 17.9. The number of unbranched alkanes of at least 4 members (excludes halogenated alkanes) is 12. The zero-order valence-electron chi connectivity index (χ0n) is 16.1. The fourth-order valence-electron chi connectivity index (χ4n) is 2.83. The highest BCUT2D eigenvalue weighted by molar-refractivity contribution is 5.69. The minimum atomic E-state index is -0.794. The first kappa shape index (κ1) is 23.4. The van der Waals surface area contributed by atoms with E-state index in [1.54, 1.807) is 0 Å². The maximum Gasteiger partial charge on any atom is 0.308 e. The number of carbonyl (C=O) groups excluding carboxylic acids is 1. The highest BCUT2D eigenvalue weighted by atomic mass is 17.1. The van der Waals surface area contributed by atoms with Crippen LogP contribution in [0.5, 0.6) is 0 Å². The molecule has 0 fully saturated rings. The summed E-state index contributed by atoms with van der Waals surface area (Å²) in [5.74, 6) is -0.266. The Morgan fingerprint density at radius 1 is 0.750 bits per heavy atom. The van der Waals surface area contributed by atoms with Crippen LogP contribution in [0, 0.1) is 0 Å². The van der Waals surface area contributed by atoms with Crippen LogP contribution in [0.4, 0.5) is 0 Å². The second-order valence-corrected chi connectivity index (χ2v) is 6.81. The molecule has 1 unspecified atom stereocenters. The van der Waals surface area contributed by atoms with Crippen molar-refractivity contribution in [2.75, 3.05) is 0 Å². The monoisotopic (exact) mass is 344 g/mol. The molecule has 0 aliphatic heterocycles. The van der Waals surface area contributed by atoms with Gasteiger partial charge < -0.3 is 4.74 Å². The van der Waals surface area contributed by atoms with Gasteiger partial charge in [-0.05, 0) is 12.8 Å². The summed E-state index contributed by atoms with van der Waals surface area (Å²) < 4.78 is 5.15. The van der Waals surface area contributed by atoms with Crippen LogP contribution in [-0.4, -0.2) is 17.5 Å². The molecule has 0 aromatic heterocycles. The Kier molecular flexibility index (Phi) is 18.2. The molecule has 0 rings (SSSR count). The molecule has 0 aliphatic rings. The number of rotatable bonds is 18. The van der Waals surface area contributed by atoms with Gasteiger partial charge in [0.15, 0.2) is 0 Å². The fourth-order valence-corrected chi connectivity index (χ4v) is 2.83. The molecule has 0 aromatic rings. The summed E-state index contributed by atoms with van der Waals surface area (Å²) in [4.78, 5) is 15.9. The van der Waals surface area contributed by atoms with Gasteiger partial charge in [-0.3, -0.25) is 4.79 Å². The van der Waals surface area contributed by atoms with Crippen molar-refractivity contribution in [3.63, 3.8) is 0 Å². The lowest BCUT2D eigenvalue weighted by Gasteiger charge is -2.14. The van der Waals surface area contributed by atoms with Gasteiger partial charge in [0.25, 0.3) is 0 Å². The maximum absolute atomic E-state index is 11.6. The van der Waals surface area contributed by atoms with Crippen LogP contribution in [0.15, 0.2) is 0 Å². The van der Waals surface area contributed by atoms with Crippen LogP contribution in [0.25, 0.3) is 0 Å². The Hall–Kier alpha value is -0.610. The lowest BCUT2D eigenvalue weighted by Crippen LogP contribution is -2.20. The van der Waals surface area contributed by atoms with Gasteiger partial charge in [-0.1, -0.05) is 90.9 Å². The van der Waals surface area contributed by atoms with Crippen LogP contribution in [0.3, 0.4) is 0 Å². The van der Waals surface area contributed by atoms with E-state index in [-0.39, 0.29) is 5.97 Å². The Balaban J connectivity index is 3.46. The second kappa shape index (κ2) is 18.7. The molecule has 0 aliphatic carbocycles. The first-order valence-electron chi connectivity index (χ1n) is 10.2. The SMILES string of the molecule is CCCCCCCCCCCCC(OO)OC(=O)CCCCCC. The third-order valence-electron chi connectivity index (χ3n) is 4.41. The van der Waals surface area contributed by atoms with Crippen molar-refractivity contribution < 1.29 is 19.7 Å². The van der Waals surface area contributed by atoms with Gasteiger partial charge in [0.05, 0.1) is 0 Å². The average molecular weight is 345 g/mol. The van der Waals surface area contributed by atoms with E-state index < -0.39 is 6.29 Å². The summed E-state index contributed by atoms with van der Waals surface area (Å²) in [6.07, 6.45) is 16.9. The molecule has 0 saturated carbocycles. The lowest BCUT2D eigenvalue weighted by molar-refractivity contribution is -0.338. The highest BCUT2D eigenvalue weighted by Gasteiger charge is 2.14. The van der Waals surface area contributed by atoms with Crippen LogP contribution in [0.2, 0.25) is 0 Å². The van der Waals surface area contributed by atoms with E-state index in [1.807, 2.05) is 0 Å². The minimum Gasteiger partial charge on any atom is -0.433 e. The molecule has 0 radical (unpaired) electrons. The molecule has 0 amide bonds. The Morgan fingerprint density at radius 3 is 1.71 bits per heavy atom. The standard InChI is InChI=1S/C20H40O4/c1-3-5-7-9-10-11-12-13-14-16-18-20(24-22)23-19(21)17-15-8-6-4-2/h20,22H,3-18H2,1-2H3. The quantitative estimate of drug-likeness (QED) is 0.0997. The Morgan fingerprint density at radius 2 is 1.21 bits per heavy atom. The van der Waals surface area contributed by atoms with E-state index in [9.17, 15) is 4.79 Å². The molecule has 24 heavy (non-hydrogen) atoms. The van der Waals surface area contributed by atoms with Crippen LogP contribution >= 0.6 is 0 Å². The fraction of sp³-hybridized carbons (Fsp3) is 0.950. The molecule has 0 bridgehead atoms. The smallest absolute Gasteiger partial charge is 0.308 e. The molecule has 0 spiro atoms. The van der Waals surface area contributed by atoms with Crippen molar-refractivity contribution in [1.29, 1.82) is 0 Å². The molecule has 4 heteroatoms. The van der Waals surface area contributed by atoms with Gasteiger partial charge in [0.2, 0.25) is 6.29 Å². The second-order valence-electron chi connectivity index (χ2n) is 6.81. The summed E-state index contributed by atoms with van der Waals surface area (Å²) in [7, 11) is 0. The summed E-state index contributed by atoms with van der Waals surface area (Å²) in [5, 5.41) is 8.85. The molecule has 0 heterocycles. The normalized spacial score (nSPS) is 12.3. The first-order chi connectivity index (χ1) is 11.7. The molecule has 0 aromatic carbocycles. The van der Waals surface area contributed by atoms with Gasteiger partial charge in [-0.25, -0.2) is 5.26 Å². The van der Waals surface area contributed by atoms with Crippen molar-refractivity contribution >= 4 is 5.97 Å². The Labute approximate surface area is 149 Å². The van der Waals surface area contributed by atoms with E-state index in [1.165, 1.54) is 51.4 Å². The molecular weight excluding hydrogens is 304 g/mol. The van der Waals surface area contributed by atoms with E-state index >= 15 is 0 Å². The minimum absolute atomic E-state index is 0.266. The topological polar surface area (TPSA) is 55.8 Å². The summed E-state index contributed by atoms with van der Waals surface area (Å²) in [6.45, 7) is 4.38. The van der Waals surface area contributed by atoms with Gasteiger partial charge in [0, 0.05) is 12.8 Å². The third-order valence-corrected chi connectivity index (χ3v) is 4.41. The maximum atomic E-state index is 11.6. The van der Waals surface area contributed by atoms with Crippen molar-refractivity contribution in [3.05, 3.63) is 0 Å². The van der Waals surface area contributed by atoms with E-state index in [2.05, 4.69) is 18.7 Å². The number of hydrogen-bond acceptors (Lipinski definition) is 4. The van der Waals surface area contributed by atoms with Gasteiger partial charge in [0.1, 0.15) is 0 Å². The van der Waals surface area contributed by atoms with Crippen molar-refractivity contribution in [1.82, 2.24) is 0 Å². The van der Waals surface area contributed by atoms with Crippen LogP contribution in [-0.2, 0) is 14.4 Å². The number of ether oxygens (including phenoxy) is 1. The molecule has 1 N–H and O–H groups in total. The van der Waals surface area contributed by atoms with Crippen LogP contribution < -0.4 is 0 Å². The predicted octanol–water partition coefficient (Wildman–Crippen LogP) is 6.63. The average Bonchev–Trinajstić information content (AvgIpc) is 2.59. The number of esters is 1. The summed E-state index contributed by atoms with van der Waals surface area (Å²) >= 11 is 0. The number of hydrogen-bond donors (Lipinski definition) is 1. The van der Waals surface area contributed by atoms with Gasteiger partial charge in [-0.15, -0.1) is 0 Å². The van der Waals surface area contributed by atoms with Gasteiger partial charge >= 0.3 is 5.97 Å². The molecule has 144 valence electrons. The summed E-state index contributed by atoms with van der Waals surface area (Å²) in [5.41, 5.74) is 0. The molecule has 0 saturated heterocycles. The lowest BCUT2D eigenvalue weighted by atomic mass is 10.1. The van der Waals surface area contributed by atoms with E-state index in [0.29, 0.717) is 12.8 Å². The Bertz CT molecular complexity index is 268. The van der Waals surface area contributed by atoms with E-state index in [0.717, 1.165) is 38.5 Å². The van der Waals surface area contributed by atoms with E-state index in [4.69, 9.17) is 9.99 Å². The predicted molar refractivity (Wildman–Crippen MR) is 98.8 cm³/mol. The molecular formula is C20H40O4. The third kappa shape index (κ3) is 16.3. The zero-order valence-corrected chi connectivity index (χ0v) is 16.1. The summed E-state index contributed by atoms with van der Waals surface area (Å²) in [6, 6.07) is 0. The van der Waals surface area contributed by atoms with Crippen LogP contribution in [0.1, 0.15) is 117 Å². The largest absolute Gasteiger partial charge is 0.433 e. The van der Waals surface area contributed by atoms with Crippen molar-refractivity contribution in [3.8, 4) is 0 Å².